The molecule has 0 saturated heterocycles. The highest BCUT2D eigenvalue weighted by Crippen LogP contribution is 2.34. The van der Waals surface area contributed by atoms with Crippen molar-refractivity contribution < 1.29 is 0 Å². The van der Waals surface area contributed by atoms with Gasteiger partial charge >= 0.3 is 0 Å². The number of anilines is 3. The van der Waals surface area contributed by atoms with E-state index in [-0.39, 0.29) is 0 Å². The highest BCUT2D eigenvalue weighted by molar-refractivity contribution is 6.67. The molecule has 0 bridgehead atoms. The smallest absolute Gasteiger partial charge is 0.121 e. The molecule has 0 saturated carbocycles. The first-order valence-electron chi connectivity index (χ1n) is 11.5. The molecule has 0 N–H and O–H groups in total. The predicted octanol–water partition coefficient (Wildman–Crippen LogP) is 6.98. The van der Waals surface area contributed by atoms with Gasteiger partial charge < -0.3 is 4.90 Å². The van der Waals surface area contributed by atoms with Gasteiger partial charge in [-0.1, -0.05) is 126 Å². The van der Waals surface area contributed by atoms with E-state index >= 15 is 0 Å². The summed E-state index contributed by atoms with van der Waals surface area (Å²) < 4.78 is 0. The third-order valence-corrected chi connectivity index (χ3v) is 6.87. The van der Waals surface area contributed by atoms with Crippen LogP contribution in [0.4, 0.5) is 17.1 Å². The van der Waals surface area contributed by atoms with Crippen LogP contribution in [0.1, 0.15) is 11.1 Å². The third kappa shape index (κ3) is 5.43. The molecule has 2 radical (unpaired) electrons. The molecule has 34 heavy (non-hydrogen) atoms. The van der Waals surface area contributed by atoms with Gasteiger partial charge in [-0.15, -0.1) is 0 Å². The normalized spacial score (nSPS) is 10.9. The molecular weight excluding hydrogens is 426 g/mol. The number of nitrogens with zero attached hydrogens (tertiary/aromatic N) is 1. The number of benzene rings is 5. The molecule has 0 aliphatic rings. The molecule has 0 spiro atoms. The molecular formula is C32H25NSi. The molecule has 162 valence electrons. The van der Waals surface area contributed by atoms with Crippen LogP contribution in [0, 0.1) is 0 Å². The van der Waals surface area contributed by atoms with E-state index in [0.29, 0.717) is 9.52 Å². The second-order valence-electron chi connectivity index (χ2n) is 8.04. The summed E-state index contributed by atoms with van der Waals surface area (Å²) in [7, 11) is 0.691. The molecule has 5 rings (SSSR count). The topological polar surface area (TPSA) is 3.24 Å². The molecule has 0 aromatic heterocycles. The highest BCUT2D eigenvalue weighted by Gasteiger charge is 2.11. The van der Waals surface area contributed by atoms with Crippen molar-refractivity contribution >= 4 is 49.1 Å². The zero-order chi connectivity index (χ0) is 23.0. The molecule has 0 aliphatic heterocycles. The van der Waals surface area contributed by atoms with Crippen molar-refractivity contribution in [3.05, 3.63) is 151 Å². The van der Waals surface area contributed by atoms with Crippen molar-refractivity contribution in [2.24, 2.45) is 0 Å². The van der Waals surface area contributed by atoms with Crippen molar-refractivity contribution in [1.29, 1.82) is 0 Å². The number of hydrogen-bond acceptors (Lipinski definition) is 1. The maximum Gasteiger partial charge on any atom is 0.121 e. The van der Waals surface area contributed by atoms with Crippen molar-refractivity contribution in [2.45, 2.75) is 0 Å². The van der Waals surface area contributed by atoms with Crippen molar-refractivity contribution in [1.82, 2.24) is 0 Å². The summed E-state index contributed by atoms with van der Waals surface area (Å²) in [6.07, 6.45) is 4.35. The van der Waals surface area contributed by atoms with Crippen LogP contribution >= 0.6 is 0 Å². The lowest BCUT2D eigenvalue weighted by molar-refractivity contribution is 1.28. The maximum absolute atomic E-state index is 2.28. The molecule has 5 aromatic rings. The minimum Gasteiger partial charge on any atom is -0.311 e. The molecule has 1 nitrogen and oxygen atoms in total. The zero-order valence-corrected chi connectivity index (χ0v) is 19.9. The Labute approximate surface area is 204 Å². The average molecular weight is 452 g/mol. The lowest BCUT2D eigenvalue weighted by atomic mass is 10.1. The van der Waals surface area contributed by atoms with Gasteiger partial charge in [0.15, 0.2) is 0 Å². The average Bonchev–Trinajstić information content (AvgIpc) is 2.91. The third-order valence-electron chi connectivity index (χ3n) is 5.62. The monoisotopic (exact) mass is 451 g/mol. The van der Waals surface area contributed by atoms with E-state index in [1.807, 2.05) is 0 Å². The first-order chi connectivity index (χ1) is 16.8. The summed E-state index contributed by atoms with van der Waals surface area (Å²) in [5, 5.41) is 2.72. The van der Waals surface area contributed by atoms with Crippen molar-refractivity contribution in [2.75, 3.05) is 4.90 Å². The molecule has 0 amide bonds. The van der Waals surface area contributed by atoms with E-state index in [1.54, 1.807) is 0 Å². The summed E-state index contributed by atoms with van der Waals surface area (Å²) in [5.74, 6) is 0. The van der Waals surface area contributed by atoms with Crippen molar-refractivity contribution in [3.8, 4) is 0 Å². The Bertz CT molecular complexity index is 1290. The first-order valence-corrected chi connectivity index (χ1v) is 12.5. The fraction of sp³-hybridized carbons (Fsp3) is 0. The summed E-state index contributed by atoms with van der Waals surface area (Å²) in [5.41, 5.74) is 5.82. The second kappa shape index (κ2) is 10.6. The lowest BCUT2D eigenvalue weighted by Gasteiger charge is -2.25. The molecule has 0 aliphatic carbocycles. The van der Waals surface area contributed by atoms with E-state index in [0.717, 1.165) is 17.1 Å². The van der Waals surface area contributed by atoms with Gasteiger partial charge in [0, 0.05) is 17.1 Å². The van der Waals surface area contributed by atoms with E-state index in [4.69, 9.17) is 0 Å². The maximum atomic E-state index is 2.28. The van der Waals surface area contributed by atoms with Crippen LogP contribution in [-0.4, -0.2) is 9.52 Å². The van der Waals surface area contributed by atoms with E-state index in [1.165, 1.54) is 21.5 Å². The van der Waals surface area contributed by atoms with Crippen LogP contribution in [0.3, 0.4) is 0 Å². The van der Waals surface area contributed by atoms with Crippen LogP contribution in [0.15, 0.2) is 140 Å². The summed E-state index contributed by atoms with van der Waals surface area (Å²) in [6, 6.07) is 49.2. The lowest BCUT2D eigenvalue weighted by Crippen LogP contribution is -2.26. The summed E-state index contributed by atoms with van der Waals surface area (Å²) >= 11 is 0. The fourth-order valence-electron chi connectivity index (χ4n) is 3.89. The van der Waals surface area contributed by atoms with Gasteiger partial charge in [-0.25, -0.2) is 0 Å². The van der Waals surface area contributed by atoms with Crippen LogP contribution in [0.25, 0.3) is 12.2 Å². The SMILES string of the molecule is C(=C\c1ccc(N(c2ccccc2)c2ccccc2)cc1)/c1ccc([Si]c2ccccc2)cc1. The van der Waals surface area contributed by atoms with Gasteiger partial charge in [0.25, 0.3) is 0 Å². The molecule has 0 fully saturated rings. The Morgan fingerprint density at radius 3 is 1.26 bits per heavy atom. The standard InChI is InChI=1S/C32H25NSi/c1-4-10-28(11-5-1)33(29-12-6-2-7-13-29)30-22-18-26(19-23-30)16-17-27-20-24-32(25-21-27)34-31-14-8-3-9-15-31/h1-25H/b17-16+. The van der Waals surface area contributed by atoms with Gasteiger partial charge in [0.2, 0.25) is 0 Å². The largest absolute Gasteiger partial charge is 0.311 e. The van der Waals surface area contributed by atoms with Crippen LogP contribution < -0.4 is 15.3 Å². The van der Waals surface area contributed by atoms with Crippen LogP contribution in [-0.2, 0) is 0 Å². The van der Waals surface area contributed by atoms with E-state index in [9.17, 15) is 0 Å². The van der Waals surface area contributed by atoms with Crippen LogP contribution in [0.5, 0.6) is 0 Å². The van der Waals surface area contributed by atoms with Gasteiger partial charge in [-0.05, 0) is 47.5 Å². The first kappa shape index (κ1) is 21.7. The van der Waals surface area contributed by atoms with E-state index in [2.05, 4.69) is 157 Å². The Morgan fingerprint density at radius 2 is 0.765 bits per heavy atom. The quantitative estimate of drug-likeness (QED) is 0.191. The Kier molecular flexibility index (Phi) is 6.79. The van der Waals surface area contributed by atoms with E-state index < -0.39 is 0 Å². The Morgan fingerprint density at radius 1 is 0.382 bits per heavy atom. The van der Waals surface area contributed by atoms with Crippen molar-refractivity contribution in [3.63, 3.8) is 0 Å². The summed E-state index contributed by atoms with van der Waals surface area (Å²) in [6.45, 7) is 0. The minimum atomic E-state index is 0.691. The Hall–Kier alpha value is -4.14. The highest BCUT2D eigenvalue weighted by atomic mass is 28.2. The van der Waals surface area contributed by atoms with Gasteiger partial charge in [-0.3, -0.25) is 0 Å². The second-order valence-corrected chi connectivity index (χ2v) is 9.45. The molecule has 0 unspecified atom stereocenters. The fourth-order valence-corrected chi connectivity index (χ4v) is 4.92. The van der Waals surface area contributed by atoms with Crippen LogP contribution in [0.2, 0.25) is 0 Å². The number of hydrogen-bond donors (Lipinski definition) is 0. The summed E-state index contributed by atoms with van der Waals surface area (Å²) in [4.78, 5) is 2.28. The molecule has 5 aromatic carbocycles. The Balaban J connectivity index is 1.31. The molecule has 2 heteroatoms. The zero-order valence-electron chi connectivity index (χ0n) is 18.9. The molecule has 0 heterocycles. The van der Waals surface area contributed by atoms with Gasteiger partial charge in [0.05, 0.1) is 0 Å². The molecule has 0 atom stereocenters. The number of rotatable bonds is 7. The predicted molar refractivity (Wildman–Crippen MR) is 148 cm³/mol. The number of para-hydroxylation sites is 2. The van der Waals surface area contributed by atoms with Gasteiger partial charge in [-0.2, -0.15) is 0 Å². The van der Waals surface area contributed by atoms with Gasteiger partial charge in [0.1, 0.15) is 9.52 Å². The minimum absolute atomic E-state index is 0.691.